The predicted molar refractivity (Wildman–Crippen MR) is 66.0 cm³/mol. The van der Waals surface area contributed by atoms with Crippen molar-refractivity contribution in [2.75, 3.05) is 0 Å². The Bertz CT molecular complexity index is 793. The Morgan fingerprint density at radius 1 is 1.14 bits per heavy atom. The molecule has 0 atom stereocenters. The monoisotopic (exact) mass is 338 g/mol. The van der Waals surface area contributed by atoms with Gasteiger partial charge in [0.25, 0.3) is 0 Å². The Kier molecular flexibility index (Phi) is 3.85. The van der Waals surface area contributed by atoms with Crippen molar-refractivity contribution in [1.29, 1.82) is 0 Å². The standard InChI is InChI=1S/C12H6ClF3O4S/c13-10-3-2-8(5-9(10)12(14,15)16)21(18,19)11-4-1-7(6-17)20-11/h1-6H. The molecule has 0 aliphatic rings. The number of aldehydes is 1. The fourth-order valence-electron chi connectivity index (χ4n) is 1.55. The van der Waals surface area contributed by atoms with E-state index in [9.17, 15) is 26.4 Å². The van der Waals surface area contributed by atoms with Gasteiger partial charge in [0.1, 0.15) is 0 Å². The first kappa shape index (κ1) is 15.6. The molecular formula is C12H6ClF3O4S. The molecule has 0 fully saturated rings. The first-order valence-electron chi connectivity index (χ1n) is 5.33. The summed E-state index contributed by atoms with van der Waals surface area (Å²) < 4.78 is 67.2. The van der Waals surface area contributed by atoms with Crippen molar-refractivity contribution in [2.24, 2.45) is 0 Å². The molecule has 2 rings (SSSR count). The molecule has 0 radical (unpaired) electrons. The third-order valence-corrected chi connectivity index (χ3v) is 4.49. The number of hydrogen-bond donors (Lipinski definition) is 0. The zero-order valence-corrected chi connectivity index (χ0v) is 11.6. The fraction of sp³-hybridized carbons (Fsp3) is 0.0833. The molecule has 0 spiro atoms. The highest BCUT2D eigenvalue weighted by Crippen LogP contribution is 2.37. The van der Waals surface area contributed by atoms with E-state index in [1.165, 1.54) is 0 Å². The van der Waals surface area contributed by atoms with Crippen molar-refractivity contribution in [3.63, 3.8) is 0 Å². The van der Waals surface area contributed by atoms with Gasteiger partial charge in [0, 0.05) is 0 Å². The number of halogens is 4. The van der Waals surface area contributed by atoms with Gasteiger partial charge in [0.2, 0.25) is 14.9 Å². The highest BCUT2D eigenvalue weighted by Gasteiger charge is 2.35. The summed E-state index contributed by atoms with van der Waals surface area (Å²) >= 11 is 5.42. The van der Waals surface area contributed by atoms with Crippen LogP contribution < -0.4 is 0 Å². The highest BCUT2D eigenvalue weighted by molar-refractivity contribution is 7.91. The van der Waals surface area contributed by atoms with Crippen molar-refractivity contribution in [1.82, 2.24) is 0 Å². The summed E-state index contributed by atoms with van der Waals surface area (Å²) in [6.07, 6.45) is -4.51. The zero-order chi connectivity index (χ0) is 15.8. The number of carbonyl (C=O) groups is 1. The Balaban J connectivity index is 2.58. The second kappa shape index (κ2) is 5.19. The molecule has 0 unspecified atom stereocenters. The molecule has 0 amide bonds. The van der Waals surface area contributed by atoms with Gasteiger partial charge in [-0.3, -0.25) is 4.79 Å². The summed E-state index contributed by atoms with van der Waals surface area (Å²) in [5.41, 5.74) is -1.27. The van der Waals surface area contributed by atoms with Crippen LogP contribution in [0.3, 0.4) is 0 Å². The molecule has 21 heavy (non-hydrogen) atoms. The molecule has 2 aromatic rings. The first-order chi connectivity index (χ1) is 9.66. The highest BCUT2D eigenvalue weighted by atomic mass is 35.5. The maximum Gasteiger partial charge on any atom is 0.417 e. The van der Waals surface area contributed by atoms with Gasteiger partial charge in [-0.2, -0.15) is 13.2 Å². The largest absolute Gasteiger partial charge is 0.442 e. The molecule has 112 valence electrons. The molecule has 0 aliphatic heterocycles. The first-order valence-corrected chi connectivity index (χ1v) is 7.19. The molecule has 1 aromatic heterocycles. The van der Waals surface area contributed by atoms with Gasteiger partial charge in [-0.05, 0) is 30.3 Å². The topological polar surface area (TPSA) is 64.3 Å². The summed E-state index contributed by atoms with van der Waals surface area (Å²) in [5, 5.41) is -1.24. The van der Waals surface area contributed by atoms with Crippen LogP contribution in [0.5, 0.6) is 0 Å². The van der Waals surface area contributed by atoms with Gasteiger partial charge >= 0.3 is 6.18 Å². The van der Waals surface area contributed by atoms with Crippen molar-refractivity contribution in [3.05, 3.63) is 46.7 Å². The summed E-state index contributed by atoms with van der Waals surface area (Å²) in [7, 11) is -4.31. The van der Waals surface area contributed by atoms with Crippen molar-refractivity contribution >= 4 is 27.7 Å². The van der Waals surface area contributed by atoms with Crippen molar-refractivity contribution < 1.29 is 30.8 Å². The molecule has 0 bridgehead atoms. The maximum atomic E-state index is 12.7. The molecule has 1 heterocycles. The lowest BCUT2D eigenvalue weighted by molar-refractivity contribution is -0.137. The van der Waals surface area contributed by atoms with Crippen LogP contribution in [0, 0.1) is 0 Å². The lowest BCUT2D eigenvalue weighted by Gasteiger charge is -2.10. The molecule has 0 N–H and O–H groups in total. The average Bonchev–Trinajstić information content (AvgIpc) is 2.87. The lowest BCUT2D eigenvalue weighted by Crippen LogP contribution is -2.09. The fourth-order valence-corrected chi connectivity index (χ4v) is 2.98. The molecule has 0 saturated carbocycles. The van der Waals surface area contributed by atoms with E-state index in [2.05, 4.69) is 0 Å². The SMILES string of the molecule is O=Cc1ccc(S(=O)(=O)c2ccc(Cl)c(C(F)(F)F)c2)o1. The molecule has 9 heteroatoms. The van der Waals surface area contributed by atoms with Gasteiger partial charge in [0.05, 0.1) is 15.5 Å². The van der Waals surface area contributed by atoms with Crippen LogP contribution in [0.25, 0.3) is 0 Å². The van der Waals surface area contributed by atoms with Gasteiger partial charge in [-0.1, -0.05) is 11.6 Å². The quantitative estimate of drug-likeness (QED) is 0.802. The third-order valence-electron chi connectivity index (χ3n) is 2.54. The third kappa shape index (κ3) is 2.96. The van der Waals surface area contributed by atoms with Gasteiger partial charge in [-0.15, -0.1) is 0 Å². The Labute approximate surface area is 122 Å². The minimum absolute atomic E-state index is 0.251. The van der Waals surface area contributed by atoms with E-state index in [1.807, 2.05) is 0 Å². The van der Waals surface area contributed by atoms with E-state index in [4.69, 9.17) is 16.0 Å². The molecule has 0 saturated heterocycles. The van der Waals surface area contributed by atoms with Crippen LogP contribution in [0.4, 0.5) is 13.2 Å². The summed E-state index contributed by atoms with van der Waals surface area (Å²) in [5.74, 6) is -0.251. The van der Waals surface area contributed by atoms with Crippen LogP contribution in [0.1, 0.15) is 16.1 Å². The number of rotatable bonds is 3. The predicted octanol–water partition coefficient (Wildman–Crippen LogP) is 3.60. The van der Waals surface area contributed by atoms with Crippen LogP contribution in [-0.4, -0.2) is 14.7 Å². The van der Waals surface area contributed by atoms with Crippen LogP contribution in [-0.2, 0) is 16.0 Å². The van der Waals surface area contributed by atoms with Crippen molar-refractivity contribution in [3.8, 4) is 0 Å². The second-order valence-electron chi connectivity index (χ2n) is 3.92. The Morgan fingerprint density at radius 2 is 1.81 bits per heavy atom. The van der Waals surface area contributed by atoms with Crippen molar-refractivity contribution in [2.45, 2.75) is 16.2 Å². The van der Waals surface area contributed by atoms with E-state index >= 15 is 0 Å². The lowest BCUT2D eigenvalue weighted by atomic mass is 10.2. The number of furan rings is 1. The van der Waals surface area contributed by atoms with Crippen LogP contribution in [0.2, 0.25) is 5.02 Å². The van der Waals surface area contributed by atoms with Gasteiger partial charge in [-0.25, -0.2) is 8.42 Å². The second-order valence-corrected chi connectivity index (χ2v) is 6.21. The maximum absolute atomic E-state index is 12.7. The molecule has 1 aromatic carbocycles. The summed E-state index contributed by atoms with van der Waals surface area (Å²) in [6.45, 7) is 0. The van der Waals surface area contributed by atoms with Gasteiger partial charge in [0.15, 0.2) is 12.0 Å². The Hall–Kier alpha value is -1.80. The number of carbonyl (C=O) groups excluding carboxylic acids is 1. The number of alkyl halides is 3. The minimum atomic E-state index is -4.79. The summed E-state index contributed by atoms with van der Waals surface area (Å²) in [6, 6.07) is 4.26. The average molecular weight is 339 g/mol. The molecule has 4 nitrogen and oxygen atoms in total. The van der Waals surface area contributed by atoms with E-state index in [0.717, 1.165) is 24.3 Å². The summed E-state index contributed by atoms with van der Waals surface area (Å²) in [4.78, 5) is 9.83. The molecular weight excluding hydrogens is 333 g/mol. The number of hydrogen-bond acceptors (Lipinski definition) is 4. The van der Waals surface area contributed by atoms with Crippen LogP contribution in [0.15, 0.2) is 44.7 Å². The Morgan fingerprint density at radius 3 is 2.33 bits per heavy atom. The molecule has 0 aliphatic carbocycles. The number of benzene rings is 1. The van der Waals surface area contributed by atoms with E-state index in [-0.39, 0.29) is 12.0 Å². The van der Waals surface area contributed by atoms with Gasteiger partial charge < -0.3 is 4.42 Å². The van der Waals surface area contributed by atoms with Crippen LogP contribution >= 0.6 is 11.6 Å². The normalized spacial score (nSPS) is 12.4. The van der Waals surface area contributed by atoms with E-state index in [1.54, 1.807) is 0 Å². The minimum Gasteiger partial charge on any atom is -0.442 e. The van der Waals surface area contributed by atoms with E-state index < -0.39 is 36.6 Å². The smallest absolute Gasteiger partial charge is 0.417 e. The van der Waals surface area contributed by atoms with E-state index in [0.29, 0.717) is 6.07 Å². The number of sulfone groups is 1. The zero-order valence-electron chi connectivity index (χ0n) is 10.0.